The molecule has 90 valence electrons. The third-order valence-corrected chi connectivity index (χ3v) is 3.43. The van der Waals surface area contributed by atoms with Crippen LogP contribution in [-0.4, -0.2) is 40.6 Å². The van der Waals surface area contributed by atoms with Gasteiger partial charge in [-0.1, -0.05) is 0 Å². The molecule has 7 heteroatoms. The van der Waals surface area contributed by atoms with Crippen molar-refractivity contribution in [3.05, 3.63) is 0 Å². The first kappa shape index (κ1) is 11.2. The highest BCUT2D eigenvalue weighted by Gasteiger charge is 2.56. The fourth-order valence-corrected chi connectivity index (χ4v) is 2.59. The number of carboxylic acid groups (broad SMARTS) is 1. The summed E-state index contributed by atoms with van der Waals surface area (Å²) >= 11 is 0. The second-order valence-electron chi connectivity index (χ2n) is 4.20. The normalized spacial score (nSPS) is 33.2. The second kappa shape index (κ2) is 3.36. The first-order chi connectivity index (χ1) is 7.32. The third kappa shape index (κ3) is 1.54. The number of carbonyl (C=O) groups is 2. The van der Waals surface area contributed by atoms with E-state index in [4.69, 9.17) is 5.11 Å². The molecule has 1 aliphatic carbocycles. The van der Waals surface area contributed by atoms with E-state index in [2.05, 4.69) is 0 Å². The Kier molecular flexibility index (Phi) is 2.36. The SMILES string of the molecule is O=C(O)C1CC2C1CCN2C(=O)C(F)(F)F. The Labute approximate surface area is 89.0 Å². The van der Waals surface area contributed by atoms with Crippen LogP contribution in [0, 0.1) is 11.8 Å². The Bertz CT molecular complexity index is 341. The Balaban J connectivity index is 2.04. The zero-order valence-corrected chi connectivity index (χ0v) is 8.20. The van der Waals surface area contributed by atoms with Gasteiger partial charge in [0.05, 0.1) is 5.92 Å². The highest BCUT2D eigenvalue weighted by Crippen LogP contribution is 2.46. The van der Waals surface area contributed by atoms with Crippen molar-refractivity contribution >= 4 is 11.9 Å². The van der Waals surface area contributed by atoms with Crippen molar-refractivity contribution in [1.29, 1.82) is 0 Å². The van der Waals surface area contributed by atoms with Crippen molar-refractivity contribution in [2.45, 2.75) is 25.1 Å². The fourth-order valence-electron chi connectivity index (χ4n) is 2.59. The minimum atomic E-state index is -4.86. The van der Waals surface area contributed by atoms with Gasteiger partial charge in [-0.05, 0) is 18.8 Å². The van der Waals surface area contributed by atoms with Gasteiger partial charge in [0.1, 0.15) is 0 Å². The van der Waals surface area contributed by atoms with Crippen molar-refractivity contribution in [2.24, 2.45) is 11.8 Å². The standard InChI is InChI=1S/C9H10F3NO3/c10-9(11,12)8(16)13-2-1-4-5(7(14)15)3-6(4)13/h4-6H,1-3H2,(H,14,15). The molecule has 0 bridgehead atoms. The molecule has 2 aliphatic rings. The average molecular weight is 237 g/mol. The van der Waals surface area contributed by atoms with Crippen molar-refractivity contribution in [3.63, 3.8) is 0 Å². The molecule has 0 spiro atoms. The van der Waals surface area contributed by atoms with Crippen LogP contribution in [-0.2, 0) is 9.59 Å². The molecular weight excluding hydrogens is 227 g/mol. The highest BCUT2D eigenvalue weighted by molar-refractivity contribution is 5.83. The van der Waals surface area contributed by atoms with Gasteiger partial charge >= 0.3 is 18.1 Å². The maximum absolute atomic E-state index is 12.2. The van der Waals surface area contributed by atoms with E-state index in [-0.39, 0.29) is 18.9 Å². The predicted octanol–water partition coefficient (Wildman–Crippen LogP) is 0.870. The van der Waals surface area contributed by atoms with Crippen molar-refractivity contribution < 1.29 is 27.9 Å². The first-order valence-electron chi connectivity index (χ1n) is 4.93. The molecule has 1 heterocycles. The summed E-state index contributed by atoms with van der Waals surface area (Å²) in [7, 11) is 0. The number of carboxylic acids is 1. The van der Waals surface area contributed by atoms with Crippen molar-refractivity contribution in [1.82, 2.24) is 4.90 Å². The lowest BCUT2D eigenvalue weighted by molar-refractivity contribution is -0.189. The molecule has 1 saturated heterocycles. The number of fused-ring (bicyclic) bond motifs is 1. The molecule has 0 aromatic carbocycles. The maximum Gasteiger partial charge on any atom is 0.471 e. The van der Waals surface area contributed by atoms with Gasteiger partial charge in [-0.3, -0.25) is 9.59 Å². The predicted molar refractivity (Wildman–Crippen MR) is 45.4 cm³/mol. The Morgan fingerprint density at radius 1 is 1.31 bits per heavy atom. The number of rotatable bonds is 1. The Morgan fingerprint density at radius 2 is 1.94 bits per heavy atom. The first-order valence-corrected chi connectivity index (χ1v) is 4.93. The largest absolute Gasteiger partial charge is 0.481 e. The van der Waals surface area contributed by atoms with Crippen molar-refractivity contribution in [3.8, 4) is 0 Å². The third-order valence-electron chi connectivity index (χ3n) is 3.43. The van der Waals surface area contributed by atoms with Crippen LogP contribution in [0.5, 0.6) is 0 Å². The summed E-state index contributed by atoms with van der Waals surface area (Å²) in [5.74, 6) is -3.72. The summed E-state index contributed by atoms with van der Waals surface area (Å²) in [5, 5.41) is 8.74. The van der Waals surface area contributed by atoms with Gasteiger partial charge in [0.2, 0.25) is 0 Å². The molecule has 4 nitrogen and oxygen atoms in total. The van der Waals surface area contributed by atoms with E-state index < -0.39 is 30.0 Å². The number of likely N-dealkylation sites (tertiary alicyclic amines) is 1. The van der Waals surface area contributed by atoms with E-state index in [1.165, 1.54) is 0 Å². The van der Waals surface area contributed by atoms with Crippen LogP contribution in [0.1, 0.15) is 12.8 Å². The summed E-state index contributed by atoms with van der Waals surface area (Å²) in [6.07, 6.45) is -4.37. The van der Waals surface area contributed by atoms with Gasteiger partial charge in [-0.2, -0.15) is 13.2 Å². The number of amides is 1. The lowest BCUT2D eigenvalue weighted by atomic mass is 9.69. The van der Waals surface area contributed by atoms with Crippen LogP contribution >= 0.6 is 0 Å². The molecule has 2 rings (SSSR count). The fraction of sp³-hybridized carbons (Fsp3) is 0.778. The summed E-state index contributed by atoms with van der Waals surface area (Å²) in [6, 6.07) is -0.532. The maximum atomic E-state index is 12.2. The van der Waals surface area contributed by atoms with Crippen LogP contribution in [0.2, 0.25) is 0 Å². The Morgan fingerprint density at radius 3 is 2.44 bits per heavy atom. The van der Waals surface area contributed by atoms with E-state index in [1.54, 1.807) is 0 Å². The lowest BCUT2D eigenvalue weighted by Crippen LogP contribution is -2.53. The van der Waals surface area contributed by atoms with Crippen LogP contribution in [0.4, 0.5) is 13.2 Å². The number of nitrogens with zero attached hydrogens (tertiary/aromatic N) is 1. The van der Waals surface area contributed by atoms with E-state index in [9.17, 15) is 22.8 Å². The topological polar surface area (TPSA) is 57.6 Å². The van der Waals surface area contributed by atoms with Gasteiger partial charge in [0.15, 0.2) is 0 Å². The monoisotopic (exact) mass is 237 g/mol. The molecule has 3 atom stereocenters. The molecule has 0 aromatic rings. The van der Waals surface area contributed by atoms with E-state index in [0.29, 0.717) is 6.42 Å². The minimum Gasteiger partial charge on any atom is -0.481 e. The summed E-state index contributed by atoms with van der Waals surface area (Å²) in [5.41, 5.74) is 0. The van der Waals surface area contributed by atoms with Gasteiger partial charge in [0.25, 0.3) is 0 Å². The lowest BCUT2D eigenvalue weighted by Gasteiger charge is -2.41. The number of hydrogen-bond acceptors (Lipinski definition) is 2. The molecule has 1 saturated carbocycles. The zero-order valence-electron chi connectivity index (χ0n) is 8.20. The van der Waals surface area contributed by atoms with Gasteiger partial charge in [-0.25, -0.2) is 0 Å². The van der Waals surface area contributed by atoms with E-state index >= 15 is 0 Å². The van der Waals surface area contributed by atoms with Crippen LogP contribution < -0.4 is 0 Å². The van der Waals surface area contributed by atoms with Gasteiger partial charge in [0, 0.05) is 12.6 Å². The quantitative estimate of drug-likeness (QED) is 0.736. The molecule has 16 heavy (non-hydrogen) atoms. The Hall–Kier alpha value is -1.27. The van der Waals surface area contributed by atoms with E-state index in [1.807, 2.05) is 0 Å². The average Bonchev–Trinajstić information content (AvgIpc) is 2.39. The van der Waals surface area contributed by atoms with E-state index in [0.717, 1.165) is 4.90 Å². The minimum absolute atomic E-state index is 0.0114. The van der Waals surface area contributed by atoms with Gasteiger partial charge in [-0.15, -0.1) is 0 Å². The number of alkyl halides is 3. The molecule has 2 fully saturated rings. The smallest absolute Gasteiger partial charge is 0.471 e. The van der Waals surface area contributed by atoms with Crippen LogP contribution in [0.25, 0.3) is 0 Å². The molecule has 0 radical (unpaired) electrons. The van der Waals surface area contributed by atoms with Crippen LogP contribution in [0.3, 0.4) is 0 Å². The van der Waals surface area contributed by atoms with Crippen LogP contribution in [0.15, 0.2) is 0 Å². The second-order valence-corrected chi connectivity index (χ2v) is 4.20. The number of aliphatic carboxylic acids is 1. The summed E-state index contributed by atoms with van der Waals surface area (Å²) in [4.78, 5) is 22.4. The highest BCUT2D eigenvalue weighted by atomic mass is 19.4. The number of halogens is 3. The molecule has 1 N–H and O–H groups in total. The molecule has 3 unspecified atom stereocenters. The van der Waals surface area contributed by atoms with Gasteiger partial charge < -0.3 is 10.0 Å². The summed E-state index contributed by atoms with van der Waals surface area (Å²) in [6.45, 7) is 0.0114. The summed E-state index contributed by atoms with van der Waals surface area (Å²) < 4.78 is 36.5. The molecule has 0 aromatic heterocycles. The molecular formula is C9H10F3NO3. The molecule has 1 aliphatic heterocycles. The number of hydrogen-bond donors (Lipinski definition) is 1. The van der Waals surface area contributed by atoms with Crippen molar-refractivity contribution in [2.75, 3.05) is 6.54 Å². The number of carbonyl (C=O) groups excluding carboxylic acids is 1. The zero-order chi connectivity index (χ0) is 12.1. The molecule has 1 amide bonds.